The molecule has 0 aliphatic carbocycles. The van der Waals surface area contributed by atoms with E-state index in [1.54, 1.807) is 18.0 Å². The highest BCUT2D eigenvalue weighted by molar-refractivity contribution is 8.00. The van der Waals surface area contributed by atoms with Crippen LogP contribution in [0.2, 0.25) is 0 Å². The molecule has 2 aromatic rings. The second-order valence-corrected chi connectivity index (χ2v) is 9.64. The first-order valence-electron chi connectivity index (χ1n) is 8.93. The maximum atomic E-state index is 12.6. The van der Waals surface area contributed by atoms with Crippen LogP contribution in [0.25, 0.3) is 0 Å². The van der Waals surface area contributed by atoms with Gasteiger partial charge in [0.1, 0.15) is 4.90 Å². The summed E-state index contributed by atoms with van der Waals surface area (Å²) < 4.78 is 31.9. The van der Waals surface area contributed by atoms with Crippen molar-refractivity contribution in [2.24, 2.45) is 0 Å². The molecule has 9 heteroatoms. The van der Waals surface area contributed by atoms with Crippen LogP contribution in [0.1, 0.15) is 6.92 Å². The summed E-state index contributed by atoms with van der Waals surface area (Å²) in [4.78, 5) is 18.7. The molecule has 2 heterocycles. The summed E-state index contributed by atoms with van der Waals surface area (Å²) in [7, 11) is -1.83. The predicted molar refractivity (Wildman–Crippen MR) is 109 cm³/mol. The van der Waals surface area contributed by atoms with Gasteiger partial charge in [0.25, 0.3) is 0 Å². The van der Waals surface area contributed by atoms with Crippen molar-refractivity contribution in [1.29, 1.82) is 0 Å². The van der Waals surface area contributed by atoms with Crippen LogP contribution in [-0.4, -0.2) is 62.2 Å². The van der Waals surface area contributed by atoms with Gasteiger partial charge >= 0.3 is 0 Å². The van der Waals surface area contributed by atoms with Crippen LogP contribution in [0.3, 0.4) is 0 Å². The van der Waals surface area contributed by atoms with Crippen LogP contribution >= 0.6 is 11.8 Å². The Kier molecular flexibility index (Phi) is 6.71. The number of para-hydroxylation sites is 1. The Morgan fingerprint density at radius 1 is 1.18 bits per heavy atom. The molecule has 1 fully saturated rings. The van der Waals surface area contributed by atoms with Crippen LogP contribution in [0.4, 0.5) is 5.69 Å². The van der Waals surface area contributed by atoms with E-state index in [0.29, 0.717) is 31.3 Å². The fourth-order valence-electron chi connectivity index (χ4n) is 2.81. The number of carbonyl (C=O) groups excluding carboxylic acids is 1. The molecule has 3 rings (SSSR count). The SMILES string of the molecule is CC(Sc1ccc(S(=O)(=O)N2CCOCC2)cn1)C(=O)N(C)c1ccccc1. The number of thioether (sulfide) groups is 1. The fraction of sp³-hybridized carbons (Fsp3) is 0.368. The molecule has 1 atom stereocenters. The quantitative estimate of drug-likeness (QED) is 0.666. The van der Waals surface area contributed by atoms with Gasteiger partial charge in [-0.1, -0.05) is 30.0 Å². The third-order valence-electron chi connectivity index (χ3n) is 4.44. The molecule has 1 aliphatic heterocycles. The van der Waals surface area contributed by atoms with Crippen molar-refractivity contribution in [3.05, 3.63) is 48.7 Å². The Morgan fingerprint density at radius 3 is 2.46 bits per heavy atom. The van der Waals surface area contributed by atoms with E-state index in [2.05, 4.69) is 4.98 Å². The zero-order valence-electron chi connectivity index (χ0n) is 15.8. The normalized spacial score (nSPS) is 16.5. The second-order valence-electron chi connectivity index (χ2n) is 6.34. The van der Waals surface area contributed by atoms with Crippen LogP contribution in [0.5, 0.6) is 0 Å². The monoisotopic (exact) mass is 421 g/mol. The number of amides is 1. The lowest BCUT2D eigenvalue weighted by Gasteiger charge is -2.26. The highest BCUT2D eigenvalue weighted by atomic mass is 32.2. The summed E-state index contributed by atoms with van der Waals surface area (Å²) in [6, 6.07) is 12.6. The highest BCUT2D eigenvalue weighted by Gasteiger charge is 2.27. The lowest BCUT2D eigenvalue weighted by molar-refractivity contribution is -0.117. The van der Waals surface area contributed by atoms with Crippen LogP contribution in [0.15, 0.2) is 58.6 Å². The number of sulfonamides is 1. The molecule has 1 saturated heterocycles. The number of hydrogen-bond donors (Lipinski definition) is 0. The minimum Gasteiger partial charge on any atom is -0.379 e. The van der Waals surface area contributed by atoms with Crippen molar-refractivity contribution < 1.29 is 17.9 Å². The molecular weight excluding hydrogens is 398 g/mol. The molecular formula is C19H23N3O4S2. The first-order chi connectivity index (χ1) is 13.4. The van der Waals surface area contributed by atoms with E-state index < -0.39 is 10.0 Å². The number of nitrogens with zero attached hydrogens (tertiary/aromatic N) is 3. The summed E-state index contributed by atoms with van der Waals surface area (Å²) in [5.41, 5.74) is 0.819. The lowest BCUT2D eigenvalue weighted by atomic mass is 10.3. The zero-order chi connectivity index (χ0) is 20.1. The number of pyridine rings is 1. The number of anilines is 1. The molecule has 28 heavy (non-hydrogen) atoms. The molecule has 0 spiro atoms. The van der Waals surface area contributed by atoms with E-state index in [4.69, 9.17) is 4.74 Å². The minimum atomic E-state index is -3.57. The molecule has 0 radical (unpaired) electrons. The van der Waals surface area contributed by atoms with E-state index >= 15 is 0 Å². The van der Waals surface area contributed by atoms with Gasteiger partial charge in [0.2, 0.25) is 15.9 Å². The van der Waals surface area contributed by atoms with Gasteiger partial charge < -0.3 is 9.64 Å². The van der Waals surface area contributed by atoms with Crippen molar-refractivity contribution in [3.8, 4) is 0 Å². The van der Waals surface area contributed by atoms with Crippen molar-refractivity contribution in [2.45, 2.75) is 22.1 Å². The summed E-state index contributed by atoms with van der Waals surface area (Å²) in [6.07, 6.45) is 1.35. The summed E-state index contributed by atoms with van der Waals surface area (Å²) in [5, 5.41) is 0.239. The van der Waals surface area contributed by atoms with Crippen molar-refractivity contribution in [2.75, 3.05) is 38.3 Å². The van der Waals surface area contributed by atoms with Crippen LogP contribution < -0.4 is 4.90 Å². The summed E-state index contributed by atoms with van der Waals surface area (Å²) in [5.74, 6) is -0.0528. The summed E-state index contributed by atoms with van der Waals surface area (Å²) >= 11 is 1.30. The van der Waals surface area contributed by atoms with Gasteiger partial charge in [-0.05, 0) is 31.2 Å². The van der Waals surface area contributed by atoms with Crippen molar-refractivity contribution in [1.82, 2.24) is 9.29 Å². The van der Waals surface area contributed by atoms with Gasteiger partial charge in [-0.3, -0.25) is 4.79 Å². The number of rotatable bonds is 6. The second kappa shape index (κ2) is 9.04. The minimum absolute atomic E-state index is 0.0528. The zero-order valence-corrected chi connectivity index (χ0v) is 17.4. The number of aromatic nitrogens is 1. The standard InChI is InChI=1S/C19H23N3O4S2/c1-15(19(23)21(2)16-6-4-3-5-7-16)27-18-9-8-17(14-20-18)28(24,25)22-10-12-26-13-11-22/h3-9,14-15H,10-13H2,1-2H3. The van der Waals surface area contributed by atoms with E-state index in [9.17, 15) is 13.2 Å². The van der Waals surface area contributed by atoms with Crippen molar-refractivity contribution in [3.63, 3.8) is 0 Å². The maximum Gasteiger partial charge on any atom is 0.244 e. The number of ether oxygens (including phenoxy) is 1. The molecule has 1 aromatic carbocycles. The van der Waals surface area contributed by atoms with E-state index in [1.165, 1.54) is 28.3 Å². The van der Waals surface area contributed by atoms with Gasteiger partial charge in [0, 0.05) is 32.0 Å². The molecule has 1 aromatic heterocycles. The molecule has 7 nitrogen and oxygen atoms in total. The Balaban J connectivity index is 1.66. The number of morpholine rings is 1. The van der Waals surface area contributed by atoms with Crippen molar-refractivity contribution >= 4 is 33.4 Å². The maximum absolute atomic E-state index is 12.6. The Hall–Kier alpha value is -1.94. The van der Waals surface area contributed by atoms with E-state index in [1.807, 2.05) is 37.3 Å². The van der Waals surface area contributed by atoms with Gasteiger partial charge in [-0.25, -0.2) is 13.4 Å². The number of hydrogen-bond acceptors (Lipinski definition) is 6. The first-order valence-corrected chi connectivity index (χ1v) is 11.2. The molecule has 0 saturated carbocycles. The van der Waals surface area contributed by atoms with Crippen LogP contribution in [0, 0.1) is 0 Å². The number of carbonyl (C=O) groups is 1. The van der Waals surface area contributed by atoms with E-state index in [0.717, 1.165) is 5.69 Å². The average molecular weight is 422 g/mol. The predicted octanol–water partition coefficient (Wildman–Crippen LogP) is 2.25. The third kappa shape index (κ3) is 4.72. The molecule has 1 unspecified atom stereocenters. The third-order valence-corrected chi connectivity index (χ3v) is 7.36. The highest BCUT2D eigenvalue weighted by Crippen LogP contribution is 2.26. The molecule has 0 bridgehead atoms. The summed E-state index contributed by atoms with van der Waals surface area (Å²) in [6.45, 7) is 3.29. The largest absolute Gasteiger partial charge is 0.379 e. The molecule has 1 aliphatic rings. The Labute approximate surface area is 169 Å². The van der Waals surface area contributed by atoms with Gasteiger partial charge in [-0.15, -0.1) is 0 Å². The average Bonchev–Trinajstić information content (AvgIpc) is 2.74. The van der Waals surface area contributed by atoms with E-state index in [-0.39, 0.29) is 16.1 Å². The smallest absolute Gasteiger partial charge is 0.244 e. The van der Waals surface area contributed by atoms with Gasteiger partial charge in [0.15, 0.2) is 0 Å². The lowest BCUT2D eigenvalue weighted by Crippen LogP contribution is -2.40. The molecule has 1 amide bonds. The molecule has 150 valence electrons. The first kappa shape index (κ1) is 20.8. The Morgan fingerprint density at radius 2 is 1.86 bits per heavy atom. The van der Waals surface area contributed by atoms with Gasteiger partial charge in [-0.2, -0.15) is 4.31 Å². The fourth-order valence-corrected chi connectivity index (χ4v) is 5.04. The van der Waals surface area contributed by atoms with Crippen LogP contribution in [-0.2, 0) is 19.6 Å². The topological polar surface area (TPSA) is 79.8 Å². The van der Waals surface area contributed by atoms with Gasteiger partial charge in [0.05, 0.1) is 23.5 Å². The Bertz CT molecular complexity index is 899. The number of benzene rings is 1. The molecule has 0 N–H and O–H groups in total.